The molecule has 0 amide bonds. The summed E-state index contributed by atoms with van der Waals surface area (Å²) in [5.74, 6) is 0. The van der Waals surface area contributed by atoms with Crippen molar-refractivity contribution >= 4 is 0 Å². The van der Waals surface area contributed by atoms with Crippen molar-refractivity contribution in [2.24, 2.45) is 0 Å². The topological polar surface area (TPSA) is 18.5 Å². The minimum atomic E-state index is 0.296. The van der Waals surface area contributed by atoms with Crippen molar-refractivity contribution in [1.82, 2.24) is 0 Å². The van der Waals surface area contributed by atoms with Crippen molar-refractivity contribution in [3.05, 3.63) is 34.9 Å². The number of hydrogen-bond donors (Lipinski definition) is 0. The van der Waals surface area contributed by atoms with Gasteiger partial charge in [0.05, 0.1) is 12.2 Å². The Hall–Kier alpha value is -0.860. The van der Waals surface area contributed by atoms with Gasteiger partial charge in [0.1, 0.15) is 6.79 Å². The van der Waals surface area contributed by atoms with Gasteiger partial charge in [0.15, 0.2) is 0 Å². The van der Waals surface area contributed by atoms with Crippen LogP contribution in [0.2, 0.25) is 0 Å². The molecule has 2 aliphatic rings. The van der Waals surface area contributed by atoms with E-state index in [2.05, 4.69) is 25.1 Å². The Bertz CT molecular complexity index is 359. The molecule has 0 saturated carbocycles. The lowest BCUT2D eigenvalue weighted by molar-refractivity contribution is 0.0400. The summed E-state index contributed by atoms with van der Waals surface area (Å²) in [6.07, 6.45) is 2.62. The summed E-state index contributed by atoms with van der Waals surface area (Å²) in [4.78, 5) is 0. The van der Waals surface area contributed by atoms with Crippen molar-refractivity contribution < 1.29 is 9.47 Å². The van der Waals surface area contributed by atoms with Crippen molar-refractivity contribution in [2.45, 2.75) is 32.0 Å². The Morgan fingerprint density at radius 3 is 2.57 bits per heavy atom. The Kier molecular flexibility index (Phi) is 1.85. The third kappa shape index (κ3) is 1.26. The fraction of sp³-hybridized carbons (Fsp3) is 0.500. The Labute approximate surface area is 83.8 Å². The highest BCUT2D eigenvalue weighted by molar-refractivity contribution is 5.35. The molecule has 1 aromatic carbocycles. The second-order valence-corrected chi connectivity index (χ2v) is 4.21. The predicted octanol–water partition coefficient (Wildman–Crippen LogP) is 1.84. The second-order valence-electron chi connectivity index (χ2n) is 4.21. The summed E-state index contributed by atoms with van der Waals surface area (Å²) < 4.78 is 11.1. The number of rotatable bonds is 0. The van der Waals surface area contributed by atoms with Crippen molar-refractivity contribution in [2.75, 3.05) is 6.79 Å². The lowest BCUT2D eigenvalue weighted by Crippen LogP contribution is -2.32. The van der Waals surface area contributed by atoms with Gasteiger partial charge in [-0.05, 0) is 18.1 Å². The molecule has 0 bridgehead atoms. The summed E-state index contributed by atoms with van der Waals surface area (Å²) >= 11 is 0. The molecule has 1 aliphatic carbocycles. The zero-order chi connectivity index (χ0) is 9.54. The second kappa shape index (κ2) is 3.07. The first-order valence-electron chi connectivity index (χ1n) is 5.14. The molecule has 2 atom stereocenters. The molecule has 2 heteroatoms. The molecule has 14 heavy (non-hydrogen) atoms. The molecule has 0 aromatic heterocycles. The van der Waals surface area contributed by atoms with Crippen molar-refractivity contribution in [3.63, 3.8) is 0 Å². The third-order valence-electron chi connectivity index (χ3n) is 3.18. The van der Waals surface area contributed by atoms with E-state index in [1.54, 1.807) is 0 Å². The first-order valence-corrected chi connectivity index (χ1v) is 5.14. The average molecular weight is 190 g/mol. The Morgan fingerprint density at radius 1 is 1.07 bits per heavy atom. The summed E-state index contributed by atoms with van der Waals surface area (Å²) in [6.45, 7) is 2.61. The van der Waals surface area contributed by atoms with Crippen LogP contribution in [0.15, 0.2) is 18.2 Å². The highest BCUT2D eigenvalue weighted by Gasteiger charge is 2.34. The molecular weight excluding hydrogens is 176 g/mol. The van der Waals surface area contributed by atoms with Crippen molar-refractivity contribution in [1.29, 1.82) is 0 Å². The molecule has 1 heterocycles. The molecule has 0 radical (unpaired) electrons. The van der Waals surface area contributed by atoms with Gasteiger partial charge >= 0.3 is 0 Å². The van der Waals surface area contributed by atoms with Gasteiger partial charge in [0.25, 0.3) is 0 Å². The van der Waals surface area contributed by atoms with E-state index in [1.165, 1.54) is 16.7 Å². The monoisotopic (exact) mass is 190 g/mol. The third-order valence-corrected chi connectivity index (χ3v) is 3.18. The van der Waals surface area contributed by atoms with Crippen LogP contribution in [0.5, 0.6) is 0 Å². The maximum atomic E-state index is 5.53. The van der Waals surface area contributed by atoms with Crippen LogP contribution in [0, 0.1) is 6.92 Å². The van der Waals surface area contributed by atoms with Crippen LogP contribution in [-0.2, 0) is 22.3 Å². The predicted molar refractivity (Wildman–Crippen MR) is 53.2 cm³/mol. The molecule has 0 spiro atoms. The fourth-order valence-corrected chi connectivity index (χ4v) is 2.39. The van der Waals surface area contributed by atoms with E-state index in [4.69, 9.17) is 9.47 Å². The molecule has 2 unspecified atom stereocenters. The first-order chi connectivity index (χ1) is 6.83. The number of aryl methyl sites for hydroxylation is 1. The van der Waals surface area contributed by atoms with Crippen LogP contribution in [0.3, 0.4) is 0 Å². The minimum absolute atomic E-state index is 0.296. The molecular formula is C12H14O2. The van der Waals surface area contributed by atoms with Gasteiger partial charge in [-0.2, -0.15) is 0 Å². The largest absolute Gasteiger partial charge is 0.349 e. The molecule has 1 fully saturated rings. The van der Waals surface area contributed by atoms with E-state index in [0.29, 0.717) is 19.0 Å². The highest BCUT2D eigenvalue weighted by Crippen LogP contribution is 2.29. The van der Waals surface area contributed by atoms with E-state index in [1.807, 2.05) is 0 Å². The quantitative estimate of drug-likeness (QED) is 0.621. The Morgan fingerprint density at radius 2 is 1.79 bits per heavy atom. The first kappa shape index (κ1) is 8.45. The lowest BCUT2D eigenvalue weighted by atomic mass is 9.87. The fourth-order valence-electron chi connectivity index (χ4n) is 2.39. The van der Waals surface area contributed by atoms with E-state index in [-0.39, 0.29) is 0 Å². The number of fused-ring (bicyclic) bond motifs is 2. The van der Waals surface area contributed by atoms with Gasteiger partial charge in [0, 0.05) is 12.8 Å². The minimum Gasteiger partial charge on any atom is -0.349 e. The van der Waals surface area contributed by atoms with Crippen LogP contribution >= 0.6 is 0 Å². The lowest BCUT2D eigenvalue weighted by Gasteiger charge is -2.25. The summed E-state index contributed by atoms with van der Waals surface area (Å²) in [7, 11) is 0. The molecule has 3 rings (SSSR count). The zero-order valence-electron chi connectivity index (χ0n) is 8.32. The van der Waals surface area contributed by atoms with Crippen LogP contribution < -0.4 is 0 Å². The molecule has 0 N–H and O–H groups in total. The molecule has 1 saturated heterocycles. The molecule has 74 valence electrons. The SMILES string of the molecule is Cc1ccc2c(c1)CC1OCOC1C2. The van der Waals surface area contributed by atoms with Crippen LogP contribution in [-0.4, -0.2) is 19.0 Å². The van der Waals surface area contributed by atoms with Gasteiger partial charge < -0.3 is 9.47 Å². The van der Waals surface area contributed by atoms with Gasteiger partial charge in [-0.1, -0.05) is 23.8 Å². The maximum absolute atomic E-state index is 5.53. The van der Waals surface area contributed by atoms with Crippen LogP contribution in [0.4, 0.5) is 0 Å². The summed E-state index contributed by atoms with van der Waals surface area (Å²) in [5.41, 5.74) is 4.21. The Balaban J connectivity index is 1.97. The van der Waals surface area contributed by atoms with Crippen molar-refractivity contribution in [3.8, 4) is 0 Å². The number of hydrogen-bond acceptors (Lipinski definition) is 2. The molecule has 1 aliphatic heterocycles. The van der Waals surface area contributed by atoms with Gasteiger partial charge in [0.2, 0.25) is 0 Å². The summed E-state index contributed by atoms with van der Waals surface area (Å²) in [6, 6.07) is 6.67. The van der Waals surface area contributed by atoms with Gasteiger partial charge in [-0.15, -0.1) is 0 Å². The number of benzene rings is 1. The molecule has 1 aromatic rings. The van der Waals surface area contributed by atoms with Gasteiger partial charge in [-0.25, -0.2) is 0 Å². The van der Waals surface area contributed by atoms with E-state index in [9.17, 15) is 0 Å². The van der Waals surface area contributed by atoms with Crippen LogP contribution in [0.25, 0.3) is 0 Å². The number of ether oxygens (including phenoxy) is 2. The average Bonchev–Trinajstić information content (AvgIpc) is 2.61. The van der Waals surface area contributed by atoms with Crippen LogP contribution in [0.1, 0.15) is 16.7 Å². The smallest absolute Gasteiger partial charge is 0.147 e. The highest BCUT2D eigenvalue weighted by atomic mass is 16.7. The van der Waals surface area contributed by atoms with E-state index >= 15 is 0 Å². The van der Waals surface area contributed by atoms with E-state index < -0.39 is 0 Å². The normalized spacial score (nSPS) is 29.8. The van der Waals surface area contributed by atoms with E-state index in [0.717, 1.165) is 12.8 Å². The molecule has 2 nitrogen and oxygen atoms in total. The van der Waals surface area contributed by atoms with Gasteiger partial charge in [-0.3, -0.25) is 0 Å². The standard InChI is InChI=1S/C12H14O2/c1-8-2-3-9-5-11-12(14-7-13-11)6-10(9)4-8/h2-4,11-12H,5-7H2,1H3. The summed E-state index contributed by atoms with van der Waals surface area (Å²) in [5, 5.41) is 0. The zero-order valence-corrected chi connectivity index (χ0v) is 8.32. The maximum Gasteiger partial charge on any atom is 0.147 e.